The van der Waals surface area contributed by atoms with Crippen LogP contribution in [0.5, 0.6) is 0 Å². The Labute approximate surface area is 143 Å². The average molecular weight is 333 g/mol. The molecular formula is C19H40O4. The summed E-state index contributed by atoms with van der Waals surface area (Å²) in [5, 5.41) is 8.92. The van der Waals surface area contributed by atoms with E-state index in [0.717, 1.165) is 6.61 Å². The van der Waals surface area contributed by atoms with E-state index < -0.39 is 0 Å². The summed E-state index contributed by atoms with van der Waals surface area (Å²) in [5.74, 6) is 0.681. The molecule has 0 radical (unpaired) electrons. The number of aliphatic hydroxyl groups excluding tert-OH is 1. The Bertz CT molecular complexity index is 248. The third-order valence-electron chi connectivity index (χ3n) is 4.02. The summed E-state index contributed by atoms with van der Waals surface area (Å²) in [7, 11) is 0. The van der Waals surface area contributed by atoms with Gasteiger partial charge in [-0.2, -0.15) is 0 Å². The normalized spacial score (nSPS) is 17.0. The Hall–Kier alpha value is -0.160. The molecule has 0 saturated heterocycles. The number of ether oxygens (including phenoxy) is 3. The molecule has 4 heteroatoms. The van der Waals surface area contributed by atoms with Gasteiger partial charge in [-0.3, -0.25) is 0 Å². The van der Waals surface area contributed by atoms with Crippen LogP contribution in [0.3, 0.4) is 0 Å². The minimum absolute atomic E-state index is 0.0195. The summed E-state index contributed by atoms with van der Waals surface area (Å²) in [6, 6.07) is 0. The Morgan fingerprint density at radius 1 is 0.696 bits per heavy atom. The van der Waals surface area contributed by atoms with Gasteiger partial charge in [0, 0.05) is 6.61 Å². The van der Waals surface area contributed by atoms with Gasteiger partial charge in [0.1, 0.15) is 0 Å². The summed E-state index contributed by atoms with van der Waals surface area (Å²) >= 11 is 0. The van der Waals surface area contributed by atoms with E-state index in [0.29, 0.717) is 19.1 Å². The van der Waals surface area contributed by atoms with Gasteiger partial charge in [0.25, 0.3) is 0 Å². The van der Waals surface area contributed by atoms with Gasteiger partial charge >= 0.3 is 0 Å². The molecule has 4 atom stereocenters. The molecule has 0 fully saturated rings. The Morgan fingerprint density at radius 3 is 1.78 bits per heavy atom. The zero-order chi connectivity index (χ0) is 17.5. The van der Waals surface area contributed by atoms with Crippen molar-refractivity contribution >= 4 is 0 Å². The van der Waals surface area contributed by atoms with Gasteiger partial charge in [0.2, 0.25) is 0 Å². The number of unbranched alkanes of at least 4 members (excludes halogenated alkanes) is 2. The molecule has 0 aliphatic carbocycles. The third kappa shape index (κ3) is 13.9. The topological polar surface area (TPSA) is 47.9 Å². The van der Waals surface area contributed by atoms with Crippen LogP contribution >= 0.6 is 0 Å². The monoisotopic (exact) mass is 332 g/mol. The molecule has 0 aliphatic heterocycles. The molecule has 0 bridgehead atoms. The molecular weight excluding hydrogens is 292 g/mol. The van der Waals surface area contributed by atoms with Crippen molar-refractivity contribution in [1.82, 2.24) is 0 Å². The van der Waals surface area contributed by atoms with Crippen LogP contribution in [0.15, 0.2) is 0 Å². The summed E-state index contributed by atoms with van der Waals surface area (Å²) in [5.41, 5.74) is 0. The van der Waals surface area contributed by atoms with Crippen molar-refractivity contribution in [1.29, 1.82) is 0 Å². The standard InChI is InChI=1S/C19H40O4/c1-6-8-9-11-19(10-7-2)15-23-18(5)14-22-17(4)13-21-16(3)12-20/h16-20H,6-15H2,1-5H3. The fourth-order valence-electron chi connectivity index (χ4n) is 2.45. The number of hydrogen-bond acceptors (Lipinski definition) is 4. The molecule has 0 heterocycles. The molecule has 140 valence electrons. The molecule has 4 nitrogen and oxygen atoms in total. The summed E-state index contributed by atoms with van der Waals surface area (Å²) in [4.78, 5) is 0. The van der Waals surface area contributed by atoms with Crippen LogP contribution in [0.1, 0.15) is 73.1 Å². The fourth-order valence-corrected chi connectivity index (χ4v) is 2.45. The lowest BCUT2D eigenvalue weighted by Gasteiger charge is -2.22. The van der Waals surface area contributed by atoms with Crippen LogP contribution in [0.25, 0.3) is 0 Å². The SMILES string of the molecule is CCCCCC(CCC)COC(C)COC(C)COC(C)CO. The van der Waals surface area contributed by atoms with Crippen LogP contribution in [-0.2, 0) is 14.2 Å². The van der Waals surface area contributed by atoms with Gasteiger partial charge in [0.05, 0.1) is 38.1 Å². The van der Waals surface area contributed by atoms with E-state index in [1.165, 1.54) is 38.5 Å². The first-order valence-corrected chi connectivity index (χ1v) is 9.49. The minimum atomic E-state index is -0.132. The fraction of sp³-hybridized carbons (Fsp3) is 1.00. The Morgan fingerprint density at radius 2 is 1.26 bits per heavy atom. The zero-order valence-corrected chi connectivity index (χ0v) is 16.1. The maximum atomic E-state index is 8.92. The van der Waals surface area contributed by atoms with Gasteiger partial charge in [-0.05, 0) is 39.5 Å². The van der Waals surface area contributed by atoms with E-state index in [1.54, 1.807) is 0 Å². The highest BCUT2D eigenvalue weighted by molar-refractivity contribution is 4.61. The number of rotatable bonds is 16. The lowest BCUT2D eigenvalue weighted by atomic mass is 9.97. The summed E-state index contributed by atoms with van der Waals surface area (Å²) < 4.78 is 17.2. The van der Waals surface area contributed by atoms with E-state index in [2.05, 4.69) is 20.8 Å². The van der Waals surface area contributed by atoms with E-state index in [4.69, 9.17) is 19.3 Å². The van der Waals surface area contributed by atoms with Crippen molar-refractivity contribution in [3.8, 4) is 0 Å². The third-order valence-corrected chi connectivity index (χ3v) is 4.02. The quantitative estimate of drug-likeness (QED) is 0.431. The Balaban J connectivity index is 3.82. The van der Waals surface area contributed by atoms with Gasteiger partial charge in [0.15, 0.2) is 0 Å². The van der Waals surface area contributed by atoms with Crippen LogP contribution in [-0.4, -0.2) is 49.8 Å². The second-order valence-corrected chi connectivity index (χ2v) is 6.76. The smallest absolute Gasteiger partial charge is 0.0781 e. The molecule has 23 heavy (non-hydrogen) atoms. The average Bonchev–Trinajstić information content (AvgIpc) is 2.55. The summed E-state index contributed by atoms with van der Waals surface area (Å²) in [6.45, 7) is 12.4. The van der Waals surface area contributed by atoms with Crippen molar-refractivity contribution in [2.24, 2.45) is 5.92 Å². The van der Waals surface area contributed by atoms with Crippen LogP contribution in [0.4, 0.5) is 0 Å². The molecule has 0 saturated carbocycles. The molecule has 1 N–H and O–H groups in total. The molecule has 0 spiro atoms. The molecule has 0 aliphatic rings. The van der Waals surface area contributed by atoms with Crippen LogP contribution < -0.4 is 0 Å². The maximum Gasteiger partial charge on any atom is 0.0781 e. The molecule has 4 unspecified atom stereocenters. The largest absolute Gasteiger partial charge is 0.394 e. The molecule has 0 aromatic heterocycles. The Kier molecular flexibility index (Phi) is 15.3. The van der Waals surface area contributed by atoms with Crippen LogP contribution in [0.2, 0.25) is 0 Å². The first-order chi connectivity index (χ1) is 11.0. The van der Waals surface area contributed by atoms with Crippen molar-refractivity contribution < 1.29 is 19.3 Å². The molecule has 0 aromatic carbocycles. The number of aliphatic hydroxyl groups is 1. The van der Waals surface area contributed by atoms with Crippen molar-refractivity contribution in [2.75, 3.05) is 26.4 Å². The number of hydrogen-bond donors (Lipinski definition) is 1. The lowest BCUT2D eigenvalue weighted by Crippen LogP contribution is -2.27. The van der Waals surface area contributed by atoms with E-state index in [9.17, 15) is 0 Å². The highest BCUT2D eigenvalue weighted by Gasteiger charge is 2.12. The highest BCUT2D eigenvalue weighted by Crippen LogP contribution is 2.17. The van der Waals surface area contributed by atoms with Gasteiger partial charge in [-0.1, -0.05) is 39.5 Å². The second-order valence-electron chi connectivity index (χ2n) is 6.76. The lowest BCUT2D eigenvalue weighted by molar-refractivity contribution is -0.0786. The predicted octanol–water partition coefficient (Wildman–Crippen LogP) is 4.19. The van der Waals surface area contributed by atoms with Gasteiger partial charge < -0.3 is 19.3 Å². The van der Waals surface area contributed by atoms with Crippen LogP contribution in [0, 0.1) is 5.92 Å². The minimum Gasteiger partial charge on any atom is -0.394 e. The summed E-state index contributed by atoms with van der Waals surface area (Å²) in [6.07, 6.45) is 7.66. The van der Waals surface area contributed by atoms with E-state index in [1.807, 2.05) is 13.8 Å². The highest BCUT2D eigenvalue weighted by atomic mass is 16.6. The van der Waals surface area contributed by atoms with Crippen molar-refractivity contribution in [3.05, 3.63) is 0 Å². The maximum absolute atomic E-state index is 8.92. The molecule has 0 aromatic rings. The molecule has 0 rings (SSSR count). The van der Waals surface area contributed by atoms with E-state index >= 15 is 0 Å². The molecule has 0 amide bonds. The van der Waals surface area contributed by atoms with Gasteiger partial charge in [-0.15, -0.1) is 0 Å². The van der Waals surface area contributed by atoms with E-state index in [-0.39, 0.29) is 24.9 Å². The predicted molar refractivity (Wildman–Crippen MR) is 95.9 cm³/mol. The van der Waals surface area contributed by atoms with Crippen molar-refractivity contribution in [2.45, 2.75) is 91.5 Å². The zero-order valence-electron chi connectivity index (χ0n) is 16.1. The van der Waals surface area contributed by atoms with Gasteiger partial charge in [-0.25, -0.2) is 0 Å². The first kappa shape index (κ1) is 22.8. The second kappa shape index (κ2) is 15.4. The first-order valence-electron chi connectivity index (χ1n) is 9.49. The van der Waals surface area contributed by atoms with Crippen molar-refractivity contribution in [3.63, 3.8) is 0 Å².